The molecule has 2 unspecified atom stereocenters. The number of carbonyl (C=O) groups excluding carboxylic acids is 1. The van der Waals surface area contributed by atoms with Gasteiger partial charge in [-0.15, -0.1) is 11.8 Å². The average Bonchev–Trinajstić information content (AvgIpc) is 2.91. The van der Waals surface area contributed by atoms with Gasteiger partial charge < -0.3 is 0 Å². The molecule has 4 heteroatoms. The lowest BCUT2D eigenvalue weighted by atomic mass is 9.67. The van der Waals surface area contributed by atoms with E-state index in [9.17, 15) is 10.1 Å². The molecule has 2 atom stereocenters. The lowest BCUT2D eigenvalue weighted by molar-refractivity contribution is -0.128. The van der Waals surface area contributed by atoms with Crippen LogP contribution in [-0.2, 0) is 10.2 Å². The molecule has 1 aliphatic rings. The maximum absolute atomic E-state index is 12.2. The van der Waals surface area contributed by atoms with Crippen LogP contribution in [0.4, 0.5) is 0 Å². The fourth-order valence-electron chi connectivity index (χ4n) is 5.81. The van der Waals surface area contributed by atoms with Crippen molar-refractivity contribution in [1.82, 2.24) is 4.90 Å². The van der Waals surface area contributed by atoms with E-state index in [1.54, 1.807) is 5.56 Å². The van der Waals surface area contributed by atoms with Crippen LogP contribution < -0.4 is 0 Å². The predicted molar refractivity (Wildman–Crippen MR) is 162 cm³/mol. The SMILES string of the molecule is CCCCCC(=O)N(C#N)CCCCCCCCCC1c2ccc(C)cc2SCC1(C)c1ccc(C)cc1. The molecular weight excluding hydrogens is 484 g/mol. The highest BCUT2D eigenvalue weighted by Crippen LogP contribution is 2.52. The van der Waals surface area contributed by atoms with Gasteiger partial charge in [-0.2, -0.15) is 5.26 Å². The Morgan fingerprint density at radius 2 is 1.61 bits per heavy atom. The van der Waals surface area contributed by atoms with Crippen molar-refractivity contribution in [3.05, 3.63) is 64.7 Å². The second kappa shape index (κ2) is 15.4. The standard InChI is InChI=1S/C34H48N2OS/c1-5-6-12-16-33(37)36(26-35)23-14-11-9-7-8-10-13-15-31-30-22-19-28(3)24-32(30)38-25-34(31,4)29-20-17-27(2)18-21-29/h17-22,24,31H,5-16,23,25H2,1-4H3. The topological polar surface area (TPSA) is 44.1 Å². The third kappa shape index (κ3) is 8.37. The monoisotopic (exact) mass is 532 g/mol. The zero-order valence-electron chi connectivity index (χ0n) is 24.2. The lowest BCUT2D eigenvalue weighted by Crippen LogP contribution is -2.36. The van der Waals surface area contributed by atoms with Crippen molar-refractivity contribution in [1.29, 1.82) is 5.26 Å². The number of fused-ring (bicyclic) bond motifs is 1. The molecule has 3 nitrogen and oxygen atoms in total. The largest absolute Gasteiger partial charge is 0.274 e. The summed E-state index contributed by atoms with van der Waals surface area (Å²) in [5, 5.41) is 9.31. The van der Waals surface area contributed by atoms with Gasteiger partial charge in [0.25, 0.3) is 0 Å². The Balaban J connectivity index is 1.44. The Hall–Kier alpha value is -2.25. The quantitative estimate of drug-likeness (QED) is 0.130. The molecule has 1 aliphatic heterocycles. The van der Waals surface area contributed by atoms with Gasteiger partial charge in [-0.25, -0.2) is 4.90 Å². The second-order valence-corrected chi connectivity index (χ2v) is 12.5. The number of aryl methyl sites for hydroxylation is 2. The van der Waals surface area contributed by atoms with Gasteiger partial charge in [0.1, 0.15) is 0 Å². The minimum Gasteiger partial charge on any atom is -0.274 e. The molecule has 1 amide bonds. The molecule has 38 heavy (non-hydrogen) atoms. The zero-order valence-corrected chi connectivity index (χ0v) is 25.0. The zero-order chi connectivity index (χ0) is 27.4. The summed E-state index contributed by atoms with van der Waals surface area (Å²) in [5.41, 5.74) is 5.85. The van der Waals surface area contributed by atoms with E-state index >= 15 is 0 Å². The molecule has 0 spiro atoms. The van der Waals surface area contributed by atoms with Crippen LogP contribution in [0.25, 0.3) is 0 Å². The number of unbranched alkanes of at least 4 members (excludes halogenated alkanes) is 8. The number of amides is 1. The molecule has 2 aromatic rings. The molecule has 206 valence electrons. The van der Waals surface area contributed by atoms with Crippen molar-refractivity contribution in [3.8, 4) is 6.19 Å². The predicted octanol–water partition coefficient (Wildman–Crippen LogP) is 9.46. The van der Waals surface area contributed by atoms with Gasteiger partial charge in [0.2, 0.25) is 5.91 Å². The normalized spacial score (nSPS) is 18.6. The Morgan fingerprint density at radius 3 is 2.29 bits per heavy atom. The van der Waals surface area contributed by atoms with Crippen molar-refractivity contribution in [2.75, 3.05) is 12.3 Å². The highest BCUT2D eigenvalue weighted by molar-refractivity contribution is 7.99. The number of nitrogens with zero attached hydrogens (tertiary/aromatic N) is 2. The molecule has 0 N–H and O–H groups in total. The maximum Gasteiger partial charge on any atom is 0.235 e. The van der Waals surface area contributed by atoms with Crippen molar-refractivity contribution < 1.29 is 4.79 Å². The summed E-state index contributed by atoms with van der Waals surface area (Å²) in [6.45, 7) is 9.57. The third-order valence-corrected chi connectivity index (χ3v) is 9.75. The second-order valence-electron chi connectivity index (χ2n) is 11.5. The van der Waals surface area contributed by atoms with Gasteiger partial charge in [0.15, 0.2) is 6.19 Å². The Morgan fingerprint density at radius 1 is 0.947 bits per heavy atom. The lowest BCUT2D eigenvalue weighted by Gasteiger charge is -2.43. The number of benzene rings is 2. The number of carbonyl (C=O) groups is 1. The van der Waals surface area contributed by atoms with Gasteiger partial charge in [-0.3, -0.25) is 4.79 Å². The molecule has 0 radical (unpaired) electrons. The Bertz CT molecular complexity index is 1060. The first-order chi connectivity index (χ1) is 18.4. The molecule has 0 saturated carbocycles. The number of hydrogen-bond donors (Lipinski definition) is 0. The van der Waals surface area contributed by atoms with Crippen molar-refractivity contribution in [2.45, 2.75) is 121 Å². The number of thioether (sulfide) groups is 1. The Kier molecular flexibility index (Phi) is 12.3. The van der Waals surface area contributed by atoms with Gasteiger partial charge in [-0.1, -0.05) is 113 Å². The van der Waals surface area contributed by atoms with Gasteiger partial charge in [0, 0.05) is 29.0 Å². The van der Waals surface area contributed by atoms with Crippen LogP contribution in [0.5, 0.6) is 0 Å². The Labute approximate surface area is 236 Å². The average molecular weight is 533 g/mol. The highest BCUT2D eigenvalue weighted by Gasteiger charge is 2.40. The number of hydrogen-bond acceptors (Lipinski definition) is 3. The maximum atomic E-state index is 12.2. The summed E-state index contributed by atoms with van der Waals surface area (Å²) in [4.78, 5) is 15.0. The molecule has 0 fully saturated rings. The minimum atomic E-state index is -0.00330. The summed E-state index contributed by atoms with van der Waals surface area (Å²) in [7, 11) is 0. The number of rotatable bonds is 15. The van der Waals surface area contributed by atoms with Gasteiger partial charge >= 0.3 is 0 Å². The third-order valence-electron chi connectivity index (χ3n) is 8.34. The summed E-state index contributed by atoms with van der Waals surface area (Å²) < 4.78 is 0. The summed E-state index contributed by atoms with van der Waals surface area (Å²) >= 11 is 2.03. The molecule has 0 aliphatic carbocycles. The van der Waals surface area contributed by atoms with Gasteiger partial charge in [-0.05, 0) is 56.2 Å². The van der Waals surface area contributed by atoms with E-state index in [2.05, 4.69) is 76.4 Å². The minimum absolute atomic E-state index is 0.00330. The summed E-state index contributed by atoms with van der Waals surface area (Å²) in [6.07, 6.45) is 15.1. The van der Waals surface area contributed by atoms with Crippen LogP contribution in [0.3, 0.4) is 0 Å². The molecule has 0 aromatic heterocycles. The van der Waals surface area contributed by atoms with Crippen LogP contribution in [-0.4, -0.2) is 23.1 Å². The van der Waals surface area contributed by atoms with E-state index in [1.165, 1.54) is 65.0 Å². The van der Waals surface area contributed by atoms with Gasteiger partial charge in [0.05, 0.1) is 0 Å². The van der Waals surface area contributed by atoms with E-state index < -0.39 is 0 Å². The van der Waals surface area contributed by atoms with E-state index in [4.69, 9.17) is 0 Å². The van der Waals surface area contributed by atoms with Crippen molar-refractivity contribution in [3.63, 3.8) is 0 Å². The molecule has 0 saturated heterocycles. The molecule has 2 aromatic carbocycles. The molecule has 3 rings (SSSR count). The van der Waals surface area contributed by atoms with Crippen LogP contribution in [0, 0.1) is 25.3 Å². The van der Waals surface area contributed by atoms with Crippen molar-refractivity contribution >= 4 is 17.7 Å². The van der Waals surface area contributed by atoms with E-state index in [0.717, 1.165) is 37.9 Å². The fourth-order valence-corrected chi connectivity index (χ4v) is 7.28. The van der Waals surface area contributed by atoms with E-state index in [-0.39, 0.29) is 11.3 Å². The highest BCUT2D eigenvalue weighted by atomic mass is 32.2. The first kappa shape index (κ1) is 30.3. The first-order valence-electron chi connectivity index (χ1n) is 14.9. The molecular formula is C34H48N2OS. The van der Waals surface area contributed by atoms with E-state index in [1.807, 2.05) is 11.8 Å². The smallest absolute Gasteiger partial charge is 0.235 e. The number of nitriles is 1. The van der Waals surface area contributed by atoms with E-state index in [0.29, 0.717) is 18.9 Å². The first-order valence-corrected chi connectivity index (χ1v) is 15.9. The summed E-state index contributed by atoms with van der Waals surface area (Å²) in [5.74, 6) is 1.68. The fraction of sp³-hybridized carbons (Fsp3) is 0.588. The molecule has 1 heterocycles. The van der Waals surface area contributed by atoms with Crippen LogP contribution in [0.15, 0.2) is 47.4 Å². The summed E-state index contributed by atoms with van der Waals surface area (Å²) in [6, 6.07) is 16.3. The van der Waals surface area contributed by atoms with Crippen LogP contribution in [0.1, 0.15) is 119 Å². The van der Waals surface area contributed by atoms with Crippen LogP contribution >= 0.6 is 11.8 Å². The van der Waals surface area contributed by atoms with Crippen molar-refractivity contribution in [2.24, 2.45) is 0 Å². The van der Waals surface area contributed by atoms with Crippen LogP contribution in [0.2, 0.25) is 0 Å². The molecule has 0 bridgehead atoms.